The number of amides is 2. The van der Waals surface area contributed by atoms with Gasteiger partial charge in [0.25, 0.3) is 0 Å². The minimum atomic E-state index is -0.117. The van der Waals surface area contributed by atoms with Crippen molar-refractivity contribution in [2.75, 3.05) is 32.6 Å². The normalized spacial score (nSPS) is 22.7. The maximum absolute atomic E-state index is 12.5. The van der Waals surface area contributed by atoms with Gasteiger partial charge in [-0.15, -0.1) is 0 Å². The molecule has 1 aromatic rings. The third-order valence-corrected chi connectivity index (χ3v) is 4.94. The van der Waals surface area contributed by atoms with Crippen LogP contribution in [-0.2, 0) is 0 Å². The van der Waals surface area contributed by atoms with Gasteiger partial charge in [0.05, 0.1) is 24.9 Å². The Morgan fingerprint density at radius 2 is 1.70 bits per heavy atom. The lowest BCUT2D eigenvalue weighted by Gasteiger charge is -2.18. The summed E-state index contributed by atoms with van der Waals surface area (Å²) in [6.45, 7) is 1.59. The van der Waals surface area contributed by atoms with E-state index in [0.717, 1.165) is 25.9 Å². The Kier molecular flexibility index (Phi) is 4.66. The first-order valence-electron chi connectivity index (χ1n) is 7.74. The summed E-state index contributed by atoms with van der Waals surface area (Å²) in [5.41, 5.74) is 0.530. The molecule has 0 bridgehead atoms. The molecule has 2 aliphatic rings. The molecule has 0 saturated carbocycles. The van der Waals surface area contributed by atoms with Gasteiger partial charge in [-0.05, 0) is 24.7 Å². The molecule has 2 amide bonds. The zero-order chi connectivity index (χ0) is 16.4. The summed E-state index contributed by atoms with van der Waals surface area (Å²) >= 11 is 6.23. The van der Waals surface area contributed by atoms with Crippen LogP contribution in [0.2, 0.25) is 5.02 Å². The van der Waals surface area contributed by atoms with Gasteiger partial charge in [0.15, 0.2) is 11.5 Å². The van der Waals surface area contributed by atoms with Gasteiger partial charge in [-0.2, -0.15) is 0 Å². The van der Waals surface area contributed by atoms with E-state index >= 15 is 0 Å². The highest BCUT2D eigenvalue weighted by Gasteiger charge is 2.35. The van der Waals surface area contributed by atoms with Gasteiger partial charge in [0, 0.05) is 25.2 Å². The number of halogens is 1. The minimum Gasteiger partial charge on any atom is -0.493 e. The number of urea groups is 1. The molecule has 0 aromatic heterocycles. The predicted molar refractivity (Wildman–Crippen MR) is 90.5 cm³/mol. The van der Waals surface area contributed by atoms with E-state index in [1.54, 1.807) is 26.4 Å². The van der Waals surface area contributed by atoms with Crippen LogP contribution in [0, 0.1) is 11.8 Å². The van der Waals surface area contributed by atoms with Crippen molar-refractivity contribution in [3.8, 4) is 11.5 Å². The van der Waals surface area contributed by atoms with Crippen molar-refractivity contribution in [3.63, 3.8) is 0 Å². The molecule has 1 saturated heterocycles. The Morgan fingerprint density at radius 3 is 2.26 bits per heavy atom. The van der Waals surface area contributed by atoms with Crippen molar-refractivity contribution < 1.29 is 14.3 Å². The summed E-state index contributed by atoms with van der Waals surface area (Å²) in [7, 11) is 3.10. The van der Waals surface area contributed by atoms with Crippen LogP contribution in [0.15, 0.2) is 24.3 Å². The maximum Gasteiger partial charge on any atom is 0.321 e. The van der Waals surface area contributed by atoms with Gasteiger partial charge in [0.2, 0.25) is 0 Å². The molecule has 6 heteroatoms. The standard InChI is InChI=1S/C17H21ClN2O3/c1-22-15-7-13(18)14(8-16(15)23-2)19-17(21)20-9-11-5-3-4-6-12(11)10-20/h3-4,7-8,11-12H,5-6,9-10H2,1-2H3,(H,19,21)/t11-,12-/m0/s1. The number of carbonyl (C=O) groups is 1. The van der Waals surface area contributed by atoms with Gasteiger partial charge in [-0.1, -0.05) is 23.8 Å². The lowest BCUT2D eigenvalue weighted by atomic mass is 9.86. The second-order valence-electron chi connectivity index (χ2n) is 5.99. The van der Waals surface area contributed by atoms with E-state index < -0.39 is 0 Å². The van der Waals surface area contributed by atoms with Crippen LogP contribution < -0.4 is 14.8 Å². The van der Waals surface area contributed by atoms with Gasteiger partial charge < -0.3 is 19.7 Å². The molecule has 1 aliphatic carbocycles. The molecule has 23 heavy (non-hydrogen) atoms. The Bertz CT molecular complexity index is 617. The fourth-order valence-corrected chi connectivity index (χ4v) is 3.53. The van der Waals surface area contributed by atoms with Crippen molar-refractivity contribution in [2.45, 2.75) is 12.8 Å². The molecule has 3 rings (SSSR count). The lowest BCUT2D eigenvalue weighted by molar-refractivity contribution is 0.220. The number of carbonyl (C=O) groups excluding carboxylic acids is 1. The van der Waals surface area contributed by atoms with Crippen molar-refractivity contribution in [3.05, 3.63) is 29.3 Å². The monoisotopic (exact) mass is 336 g/mol. The van der Waals surface area contributed by atoms with Crippen LogP contribution in [-0.4, -0.2) is 38.2 Å². The molecule has 124 valence electrons. The first kappa shape index (κ1) is 16.0. The largest absolute Gasteiger partial charge is 0.493 e. The van der Waals surface area contributed by atoms with E-state index in [-0.39, 0.29) is 6.03 Å². The molecule has 1 aromatic carbocycles. The SMILES string of the molecule is COc1cc(Cl)c(NC(=O)N2C[C@@H]3CC=CC[C@H]3C2)cc1OC. The van der Waals surface area contributed by atoms with E-state index in [4.69, 9.17) is 21.1 Å². The van der Waals surface area contributed by atoms with Crippen LogP contribution in [0.5, 0.6) is 11.5 Å². The number of fused-ring (bicyclic) bond motifs is 1. The first-order chi connectivity index (χ1) is 11.1. The summed E-state index contributed by atoms with van der Waals surface area (Å²) in [6, 6.07) is 3.21. The molecule has 1 N–H and O–H groups in total. The summed E-state index contributed by atoms with van der Waals surface area (Å²) in [4.78, 5) is 14.4. The van der Waals surface area contributed by atoms with Gasteiger partial charge in [-0.3, -0.25) is 0 Å². The maximum atomic E-state index is 12.5. The second-order valence-corrected chi connectivity index (χ2v) is 6.39. The number of benzene rings is 1. The van der Waals surface area contributed by atoms with E-state index in [0.29, 0.717) is 34.0 Å². The zero-order valence-corrected chi connectivity index (χ0v) is 14.1. The number of ether oxygens (including phenoxy) is 2. The Balaban J connectivity index is 1.71. The van der Waals surface area contributed by atoms with Crippen LogP contribution >= 0.6 is 11.6 Å². The van der Waals surface area contributed by atoms with Crippen molar-refractivity contribution >= 4 is 23.3 Å². The second kappa shape index (κ2) is 6.71. The highest BCUT2D eigenvalue weighted by Crippen LogP contribution is 2.37. The molecule has 0 spiro atoms. The number of anilines is 1. The molecule has 2 atom stereocenters. The van der Waals surface area contributed by atoms with Crippen molar-refractivity contribution in [1.29, 1.82) is 0 Å². The smallest absolute Gasteiger partial charge is 0.321 e. The quantitative estimate of drug-likeness (QED) is 0.854. The average Bonchev–Trinajstić information content (AvgIpc) is 3.00. The third-order valence-electron chi connectivity index (χ3n) is 4.62. The van der Waals surface area contributed by atoms with Gasteiger partial charge in [-0.25, -0.2) is 4.79 Å². The molecular formula is C17H21ClN2O3. The third kappa shape index (κ3) is 3.24. The number of likely N-dealkylation sites (tertiary alicyclic amines) is 1. The number of nitrogens with zero attached hydrogens (tertiary/aromatic N) is 1. The predicted octanol–water partition coefficient (Wildman–Crippen LogP) is 3.79. The summed E-state index contributed by atoms with van der Waals surface area (Å²) in [6.07, 6.45) is 6.55. The highest BCUT2D eigenvalue weighted by atomic mass is 35.5. The van der Waals surface area contributed by atoms with Crippen LogP contribution in [0.3, 0.4) is 0 Å². The number of rotatable bonds is 3. The Hall–Kier alpha value is -1.88. The minimum absolute atomic E-state index is 0.117. The van der Waals surface area contributed by atoms with E-state index in [1.807, 2.05) is 4.90 Å². The van der Waals surface area contributed by atoms with Crippen LogP contribution in [0.1, 0.15) is 12.8 Å². The fourth-order valence-electron chi connectivity index (χ4n) is 3.32. The van der Waals surface area contributed by atoms with Crippen molar-refractivity contribution in [2.24, 2.45) is 11.8 Å². The summed E-state index contributed by atoms with van der Waals surface area (Å²) < 4.78 is 10.5. The number of methoxy groups -OCH3 is 2. The van der Waals surface area contributed by atoms with Crippen molar-refractivity contribution in [1.82, 2.24) is 4.90 Å². The van der Waals surface area contributed by atoms with Gasteiger partial charge >= 0.3 is 6.03 Å². The summed E-state index contributed by atoms with van der Waals surface area (Å²) in [5.74, 6) is 2.22. The van der Waals surface area contributed by atoms with Crippen LogP contribution in [0.25, 0.3) is 0 Å². The number of nitrogens with one attached hydrogen (secondary N) is 1. The number of allylic oxidation sites excluding steroid dienone is 2. The van der Waals surface area contributed by atoms with E-state index in [1.165, 1.54) is 0 Å². The van der Waals surface area contributed by atoms with Crippen LogP contribution in [0.4, 0.5) is 10.5 Å². The van der Waals surface area contributed by atoms with E-state index in [9.17, 15) is 4.79 Å². The topological polar surface area (TPSA) is 50.8 Å². The number of hydrogen-bond donors (Lipinski definition) is 1. The Morgan fingerprint density at radius 1 is 1.13 bits per heavy atom. The fraction of sp³-hybridized carbons (Fsp3) is 0.471. The molecule has 5 nitrogen and oxygen atoms in total. The summed E-state index contributed by atoms with van der Waals surface area (Å²) in [5, 5.41) is 3.31. The molecular weight excluding hydrogens is 316 g/mol. The number of hydrogen-bond acceptors (Lipinski definition) is 3. The molecule has 1 fully saturated rings. The molecule has 0 unspecified atom stereocenters. The average molecular weight is 337 g/mol. The van der Waals surface area contributed by atoms with Gasteiger partial charge in [0.1, 0.15) is 0 Å². The zero-order valence-electron chi connectivity index (χ0n) is 13.3. The lowest BCUT2D eigenvalue weighted by Crippen LogP contribution is -2.33. The molecule has 1 aliphatic heterocycles. The molecule has 1 heterocycles. The highest BCUT2D eigenvalue weighted by molar-refractivity contribution is 6.34. The first-order valence-corrected chi connectivity index (χ1v) is 8.12. The van der Waals surface area contributed by atoms with E-state index in [2.05, 4.69) is 17.5 Å². The molecule has 0 radical (unpaired) electrons. The Labute approximate surface area is 141 Å².